The molecule has 14 heavy (non-hydrogen) atoms. The Morgan fingerprint density at radius 3 is 2.50 bits per heavy atom. The third-order valence-electron chi connectivity index (χ3n) is 1.95. The maximum Gasteiger partial charge on any atom is 0.219 e. The standard InChI is InChI=1S/C9H19NO4/c1-2-9(14)10-5-3-4-7(12)8(13)6-11/h7-8,11-13H,2-6H2,1H3,(H,10,14). The SMILES string of the molecule is CCC(=O)NCCCC(O)C(O)CO. The Morgan fingerprint density at radius 2 is 2.00 bits per heavy atom. The summed E-state index contributed by atoms with van der Waals surface area (Å²) in [6, 6.07) is 0. The monoisotopic (exact) mass is 205 g/mol. The molecule has 84 valence electrons. The summed E-state index contributed by atoms with van der Waals surface area (Å²) in [5.74, 6) is -0.0257. The van der Waals surface area contributed by atoms with Crippen molar-refractivity contribution in [3.8, 4) is 0 Å². The van der Waals surface area contributed by atoms with E-state index in [1.807, 2.05) is 0 Å². The number of hydrogen-bond donors (Lipinski definition) is 4. The molecule has 4 N–H and O–H groups in total. The van der Waals surface area contributed by atoms with Crippen LogP contribution in [0.1, 0.15) is 26.2 Å². The Labute approximate surface area is 83.8 Å². The molecule has 2 unspecified atom stereocenters. The fourth-order valence-electron chi connectivity index (χ4n) is 0.978. The van der Waals surface area contributed by atoms with Crippen LogP contribution in [-0.4, -0.2) is 46.6 Å². The summed E-state index contributed by atoms with van der Waals surface area (Å²) >= 11 is 0. The van der Waals surface area contributed by atoms with Crippen molar-refractivity contribution in [3.63, 3.8) is 0 Å². The van der Waals surface area contributed by atoms with Gasteiger partial charge in [0.15, 0.2) is 0 Å². The molecule has 1 amide bonds. The van der Waals surface area contributed by atoms with E-state index in [0.29, 0.717) is 25.8 Å². The second-order valence-corrected chi connectivity index (χ2v) is 3.16. The molecular weight excluding hydrogens is 186 g/mol. The number of rotatable bonds is 7. The van der Waals surface area contributed by atoms with Gasteiger partial charge in [0, 0.05) is 13.0 Å². The minimum absolute atomic E-state index is 0.0257. The Hall–Kier alpha value is -0.650. The van der Waals surface area contributed by atoms with Crippen LogP contribution in [0.4, 0.5) is 0 Å². The Balaban J connectivity index is 3.40. The second kappa shape index (κ2) is 7.73. The summed E-state index contributed by atoms with van der Waals surface area (Å²) in [6.45, 7) is 1.81. The maximum absolute atomic E-state index is 10.8. The molecule has 0 radical (unpaired) electrons. The van der Waals surface area contributed by atoms with Crippen LogP contribution in [0.3, 0.4) is 0 Å². The van der Waals surface area contributed by atoms with Gasteiger partial charge in [-0.15, -0.1) is 0 Å². The first-order chi connectivity index (χ1) is 6.61. The quantitative estimate of drug-likeness (QED) is 0.402. The number of carbonyl (C=O) groups is 1. The van der Waals surface area contributed by atoms with Crippen molar-refractivity contribution >= 4 is 5.91 Å². The number of nitrogens with one attached hydrogen (secondary N) is 1. The molecule has 0 bridgehead atoms. The fourth-order valence-corrected chi connectivity index (χ4v) is 0.978. The molecule has 0 heterocycles. The summed E-state index contributed by atoms with van der Waals surface area (Å²) in [4.78, 5) is 10.8. The third kappa shape index (κ3) is 5.90. The molecule has 0 aliphatic rings. The average Bonchev–Trinajstić information content (AvgIpc) is 2.22. The van der Waals surface area contributed by atoms with Crippen molar-refractivity contribution in [1.82, 2.24) is 5.32 Å². The van der Waals surface area contributed by atoms with Gasteiger partial charge in [-0.1, -0.05) is 6.92 Å². The van der Waals surface area contributed by atoms with Crippen molar-refractivity contribution in [3.05, 3.63) is 0 Å². The van der Waals surface area contributed by atoms with Gasteiger partial charge in [-0.2, -0.15) is 0 Å². The lowest BCUT2D eigenvalue weighted by Crippen LogP contribution is -2.30. The topological polar surface area (TPSA) is 89.8 Å². The molecule has 0 aromatic rings. The van der Waals surface area contributed by atoms with E-state index in [9.17, 15) is 9.90 Å². The van der Waals surface area contributed by atoms with E-state index in [4.69, 9.17) is 10.2 Å². The molecule has 0 rings (SSSR count). The van der Waals surface area contributed by atoms with Gasteiger partial charge in [0.1, 0.15) is 6.10 Å². The average molecular weight is 205 g/mol. The van der Waals surface area contributed by atoms with Crippen LogP contribution in [0.2, 0.25) is 0 Å². The lowest BCUT2D eigenvalue weighted by molar-refractivity contribution is -0.120. The zero-order valence-corrected chi connectivity index (χ0v) is 8.44. The Bertz CT molecular complexity index is 163. The van der Waals surface area contributed by atoms with E-state index in [2.05, 4.69) is 5.32 Å². The lowest BCUT2D eigenvalue weighted by Gasteiger charge is -2.15. The molecule has 0 fully saturated rings. The summed E-state index contributed by atoms with van der Waals surface area (Å²) in [5.41, 5.74) is 0. The first-order valence-electron chi connectivity index (χ1n) is 4.85. The van der Waals surface area contributed by atoms with Crippen molar-refractivity contribution in [1.29, 1.82) is 0 Å². The van der Waals surface area contributed by atoms with Gasteiger partial charge < -0.3 is 20.6 Å². The summed E-state index contributed by atoms with van der Waals surface area (Å²) in [7, 11) is 0. The highest BCUT2D eigenvalue weighted by atomic mass is 16.4. The highest BCUT2D eigenvalue weighted by Crippen LogP contribution is 2.01. The van der Waals surface area contributed by atoms with E-state index in [-0.39, 0.29) is 5.91 Å². The summed E-state index contributed by atoms with van der Waals surface area (Å²) in [6.07, 6.45) is -0.604. The van der Waals surface area contributed by atoms with Crippen LogP contribution in [0, 0.1) is 0 Å². The molecule has 0 saturated heterocycles. The number of aliphatic hydroxyl groups excluding tert-OH is 3. The molecule has 0 aromatic heterocycles. The number of amides is 1. The minimum Gasteiger partial charge on any atom is -0.394 e. The smallest absolute Gasteiger partial charge is 0.219 e. The molecule has 0 saturated carbocycles. The fraction of sp³-hybridized carbons (Fsp3) is 0.889. The van der Waals surface area contributed by atoms with E-state index >= 15 is 0 Å². The second-order valence-electron chi connectivity index (χ2n) is 3.16. The Morgan fingerprint density at radius 1 is 1.36 bits per heavy atom. The van der Waals surface area contributed by atoms with Gasteiger partial charge in [0.05, 0.1) is 12.7 Å². The predicted octanol–water partition coefficient (Wildman–Crippen LogP) is -0.993. The largest absolute Gasteiger partial charge is 0.394 e. The van der Waals surface area contributed by atoms with Gasteiger partial charge in [-0.3, -0.25) is 4.79 Å². The van der Waals surface area contributed by atoms with Gasteiger partial charge in [-0.25, -0.2) is 0 Å². The van der Waals surface area contributed by atoms with E-state index in [0.717, 1.165) is 0 Å². The summed E-state index contributed by atoms with van der Waals surface area (Å²) < 4.78 is 0. The van der Waals surface area contributed by atoms with Crippen LogP contribution in [0.15, 0.2) is 0 Å². The molecule has 0 aliphatic heterocycles. The van der Waals surface area contributed by atoms with Gasteiger partial charge in [-0.05, 0) is 12.8 Å². The zero-order valence-electron chi connectivity index (χ0n) is 8.44. The third-order valence-corrected chi connectivity index (χ3v) is 1.95. The highest BCUT2D eigenvalue weighted by molar-refractivity contribution is 5.75. The highest BCUT2D eigenvalue weighted by Gasteiger charge is 2.14. The van der Waals surface area contributed by atoms with Crippen molar-refractivity contribution in [2.45, 2.75) is 38.4 Å². The van der Waals surface area contributed by atoms with Crippen LogP contribution >= 0.6 is 0 Å². The number of hydrogen-bond acceptors (Lipinski definition) is 4. The van der Waals surface area contributed by atoms with Crippen LogP contribution in [0.5, 0.6) is 0 Å². The Kier molecular flexibility index (Phi) is 7.37. The molecule has 5 heteroatoms. The van der Waals surface area contributed by atoms with E-state index in [1.165, 1.54) is 0 Å². The zero-order chi connectivity index (χ0) is 11.0. The minimum atomic E-state index is -1.09. The maximum atomic E-state index is 10.8. The van der Waals surface area contributed by atoms with Crippen molar-refractivity contribution in [2.24, 2.45) is 0 Å². The molecular formula is C9H19NO4. The molecule has 0 aromatic carbocycles. The van der Waals surface area contributed by atoms with Crippen LogP contribution < -0.4 is 5.32 Å². The van der Waals surface area contributed by atoms with E-state index in [1.54, 1.807) is 6.92 Å². The van der Waals surface area contributed by atoms with Crippen LogP contribution in [0.25, 0.3) is 0 Å². The predicted molar refractivity (Wildman–Crippen MR) is 51.6 cm³/mol. The number of aliphatic hydroxyl groups is 3. The molecule has 2 atom stereocenters. The number of carbonyl (C=O) groups excluding carboxylic acids is 1. The van der Waals surface area contributed by atoms with E-state index < -0.39 is 18.8 Å². The van der Waals surface area contributed by atoms with Crippen LogP contribution in [-0.2, 0) is 4.79 Å². The van der Waals surface area contributed by atoms with Crippen molar-refractivity contribution in [2.75, 3.05) is 13.2 Å². The summed E-state index contributed by atoms with van der Waals surface area (Å²) in [5, 5.41) is 29.4. The molecule has 5 nitrogen and oxygen atoms in total. The van der Waals surface area contributed by atoms with Gasteiger partial charge in [0.2, 0.25) is 5.91 Å². The van der Waals surface area contributed by atoms with Crippen molar-refractivity contribution < 1.29 is 20.1 Å². The van der Waals surface area contributed by atoms with Gasteiger partial charge >= 0.3 is 0 Å². The first kappa shape index (κ1) is 13.4. The van der Waals surface area contributed by atoms with Gasteiger partial charge in [0.25, 0.3) is 0 Å². The molecule has 0 spiro atoms. The normalized spacial score (nSPS) is 14.9. The lowest BCUT2D eigenvalue weighted by atomic mass is 10.1. The first-order valence-corrected chi connectivity index (χ1v) is 4.85. The molecule has 0 aliphatic carbocycles.